The van der Waals surface area contributed by atoms with Crippen molar-refractivity contribution in [1.29, 1.82) is 0 Å². The Kier molecular flexibility index (Phi) is 4.60. The summed E-state index contributed by atoms with van der Waals surface area (Å²) in [6.07, 6.45) is 0.569. The van der Waals surface area contributed by atoms with Crippen molar-refractivity contribution in [1.82, 2.24) is 5.48 Å². The SMILES string of the molecule is C[NH+]([O-])ONCP. The van der Waals surface area contributed by atoms with Gasteiger partial charge in [0.15, 0.2) is 0 Å². The van der Waals surface area contributed by atoms with Gasteiger partial charge in [-0.3, -0.25) is 0 Å². The van der Waals surface area contributed by atoms with E-state index in [0.717, 1.165) is 0 Å². The minimum absolute atomic E-state index is 0.317. The molecule has 44 valence electrons. The fraction of sp³-hybridized carbons (Fsp3) is 1.00. The lowest BCUT2D eigenvalue weighted by molar-refractivity contribution is -1.05. The van der Waals surface area contributed by atoms with Gasteiger partial charge in [0.05, 0.1) is 7.05 Å². The maximum Gasteiger partial charge on any atom is 0.0982 e. The Hall–Kier alpha value is 0.270. The summed E-state index contributed by atoms with van der Waals surface area (Å²) in [4.78, 5) is 4.28. The lowest BCUT2D eigenvalue weighted by Crippen LogP contribution is -3.04. The molecule has 2 unspecified atom stereocenters. The first-order valence-corrected chi connectivity index (χ1v) is 2.69. The van der Waals surface area contributed by atoms with E-state index in [0.29, 0.717) is 6.29 Å². The monoisotopic (exact) mass is 124 g/mol. The number of hydrogen-bond acceptors (Lipinski definition) is 3. The predicted octanol–water partition coefficient (Wildman–Crippen LogP) is -1.73. The Morgan fingerprint density at radius 2 is 2.57 bits per heavy atom. The van der Waals surface area contributed by atoms with Gasteiger partial charge in [0.2, 0.25) is 0 Å². The van der Waals surface area contributed by atoms with Crippen molar-refractivity contribution >= 4 is 9.24 Å². The average Bonchev–Trinajstić information content (AvgIpc) is 1.61. The Labute approximate surface area is 44.5 Å². The Morgan fingerprint density at radius 3 is 2.71 bits per heavy atom. The summed E-state index contributed by atoms with van der Waals surface area (Å²) in [7, 11) is 3.70. The first-order valence-electron chi connectivity index (χ1n) is 1.87. The van der Waals surface area contributed by atoms with Gasteiger partial charge in [-0.1, -0.05) is 0 Å². The molecule has 7 heavy (non-hydrogen) atoms. The van der Waals surface area contributed by atoms with Gasteiger partial charge in [-0.15, -0.1) is 19.7 Å². The molecule has 0 fully saturated rings. The van der Waals surface area contributed by atoms with Gasteiger partial charge in [-0.25, -0.2) is 5.23 Å². The number of nitrogens with one attached hydrogen (secondary N) is 2. The molecule has 0 aliphatic rings. The van der Waals surface area contributed by atoms with E-state index in [1.54, 1.807) is 0 Å². The average molecular weight is 124 g/mol. The first-order chi connectivity index (χ1) is 3.27. The molecule has 4 nitrogen and oxygen atoms in total. The molecule has 0 aliphatic heterocycles. The summed E-state index contributed by atoms with van der Waals surface area (Å²) in [5.41, 5.74) is 2.36. The molecule has 0 amide bonds. The van der Waals surface area contributed by atoms with E-state index >= 15 is 0 Å². The van der Waals surface area contributed by atoms with Crippen molar-refractivity contribution in [3.63, 3.8) is 0 Å². The fourth-order valence-electron chi connectivity index (χ4n) is 0.143. The minimum atomic E-state index is -0.317. The third-order valence-electron chi connectivity index (χ3n) is 0.299. The molecule has 0 aromatic carbocycles. The largest absolute Gasteiger partial charge is 0.599 e. The zero-order valence-electron chi connectivity index (χ0n) is 4.10. The maximum atomic E-state index is 9.91. The molecule has 0 radical (unpaired) electrons. The van der Waals surface area contributed by atoms with Gasteiger partial charge in [-0.05, 0) is 0 Å². The van der Waals surface area contributed by atoms with Crippen LogP contribution in [0, 0.1) is 5.21 Å². The molecular weight excluding hydrogens is 115 g/mol. The Morgan fingerprint density at radius 1 is 2.00 bits per heavy atom. The highest BCUT2D eigenvalue weighted by Gasteiger charge is 1.80. The van der Waals surface area contributed by atoms with Crippen LogP contribution in [-0.4, -0.2) is 13.3 Å². The third-order valence-corrected chi connectivity index (χ3v) is 0.466. The molecule has 2 N–H and O–H groups in total. The van der Waals surface area contributed by atoms with Crippen LogP contribution < -0.4 is 10.7 Å². The highest BCUT2D eigenvalue weighted by Crippen LogP contribution is 1.66. The van der Waals surface area contributed by atoms with Crippen LogP contribution in [0.15, 0.2) is 0 Å². The standard InChI is InChI=1S/C2H9N2O2P/c1-4(5)6-3-2-7/h3-4H,2,7H2,1H3. The van der Waals surface area contributed by atoms with Crippen molar-refractivity contribution in [2.75, 3.05) is 13.3 Å². The lowest BCUT2D eigenvalue weighted by atomic mass is 11.5. The second-order valence-electron chi connectivity index (χ2n) is 0.942. The number of quaternary nitrogens is 1. The summed E-state index contributed by atoms with van der Waals surface area (Å²) < 4.78 is 0. The molecule has 2 atom stereocenters. The second-order valence-corrected chi connectivity index (χ2v) is 1.35. The van der Waals surface area contributed by atoms with Gasteiger partial charge in [0, 0.05) is 6.29 Å². The second kappa shape index (κ2) is 4.43. The summed E-state index contributed by atoms with van der Waals surface area (Å²) in [5, 5.41) is 9.59. The summed E-state index contributed by atoms with van der Waals surface area (Å²) >= 11 is 0. The van der Waals surface area contributed by atoms with Gasteiger partial charge in [0.1, 0.15) is 0 Å². The molecular formula is C2H9N2O2P. The molecule has 0 spiro atoms. The Balaban J connectivity index is 2.68. The van der Waals surface area contributed by atoms with Crippen molar-refractivity contribution in [2.45, 2.75) is 0 Å². The molecule has 0 aliphatic carbocycles. The smallest absolute Gasteiger partial charge is 0.0982 e. The maximum absolute atomic E-state index is 9.91. The minimum Gasteiger partial charge on any atom is -0.599 e. The lowest BCUT2D eigenvalue weighted by Gasteiger charge is -2.11. The number of hydroxylamine groups is 3. The van der Waals surface area contributed by atoms with Crippen molar-refractivity contribution < 1.29 is 10.2 Å². The van der Waals surface area contributed by atoms with E-state index < -0.39 is 0 Å². The van der Waals surface area contributed by atoms with Crippen LogP contribution in [0.2, 0.25) is 0 Å². The van der Waals surface area contributed by atoms with E-state index in [1.807, 2.05) is 0 Å². The van der Waals surface area contributed by atoms with E-state index in [-0.39, 0.29) is 5.23 Å². The highest BCUT2D eigenvalue weighted by molar-refractivity contribution is 7.16. The molecule has 0 aromatic heterocycles. The zero-order chi connectivity index (χ0) is 5.70. The van der Waals surface area contributed by atoms with Crippen LogP contribution in [0.3, 0.4) is 0 Å². The van der Waals surface area contributed by atoms with E-state index in [9.17, 15) is 5.21 Å². The predicted molar refractivity (Wildman–Crippen MR) is 29.1 cm³/mol. The van der Waals surface area contributed by atoms with E-state index in [1.165, 1.54) is 7.05 Å². The van der Waals surface area contributed by atoms with E-state index in [4.69, 9.17) is 0 Å². The topological polar surface area (TPSA) is 48.8 Å². The molecule has 5 heteroatoms. The molecule has 0 saturated heterocycles. The van der Waals surface area contributed by atoms with Gasteiger partial charge < -0.3 is 5.21 Å². The van der Waals surface area contributed by atoms with E-state index in [2.05, 4.69) is 19.7 Å². The normalized spacial score (nSPS) is 14.1. The molecule has 0 bridgehead atoms. The summed E-state index contributed by atoms with van der Waals surface area (Å²) in [6.45, 7) is 0. The van der Waals surface area contributed by atoms with Gasteiger partial charge in [-0.2, -0.15) is 0 Å². The zero-order valence-corrected chi connectivity index (χ0v) is 5.26. The third kappa shape index (κ3) is 6.27. The van der Waals surface area contributed by atoms with Gasteiger partial charge in [0.25, 0.3) is 0 Å². The molecule has 0 rings (SSSR count). The van der Waals surface area contributed by atoms with Gasteiger partial charge >= 0.3 is 0 Å². The van der Waals surface area contributed by atoms with Crippen molar-refractivity contribution in [3.8, 4) is 0 Å². The summed E-state index contributed by atoms with van der Waals surface area (Å²) in [5.74, 6) is 0. The van der Waals surface area contributed by atoms with Crippen LogP contribution >= 0.6 is 9.24 Å². The van der Waals surface area contributed by atoms with Crippen LogP contribution in [0.25, 0.3) is 0 Å². The first kappa shape index (κ1) is 7.27. The van der Waals surface area contributed by atoms with Crippen molar-refractivity contribution in [3.05, 3.63) is 5.21 Å². The van der Waals surface area contributed by atoms with Crippen molar-refractivity contribution in [2.24, 2.45) is 0 Å². The quantitative estimate of drug-likeness (QED) is 0.347. The highest BCUT2D eigenvalue weighted by atomic mass is 31.0. The Bertz CT molecular complexity index is 42.7. The molecule has 0 saturated carbocycles. The number of hydrogen-bond donors (Lipinski definition) is 2. The van der Waals surface area contributed by atoms with Crippen LogP contribution in [0.4, 0.5) is 0 Å². The number of rotatable bonds is 3. The van der Waals surface area contributed by atoms with Crippen LogP contribution in [-0.2, 0) is 4.94 Å². The van der Waals surface area contributed by atoms with Crippen LogP contribution in [0.1, 0.15) is 0 Å². The van der Waals surface area contributed by atoms with Crippen LogP contribution in [0.5, 0.6) is 0 Å². The molecule has 0 heterocycles. The summed E-state index contributed by atoms with van der Waals surface area (Å²) in [6, 6.07) is 0. The fourth-order valence-corrected chi connectivity index (χ4v) is 0.227. The molecule has 0 aromatic rings.